The molecule has 0 radical (unpaired) electrons. The van der Waals surface area contributed by atoms with E-state index in [4.69, 9.17) is 9.26 Å². The van der Waals surface area contributed by atoms with E-state index in [1.54, 1.807) is 12.1 Å². The minimum absolute atomic E-state index is 0.00710. The fourth-order valence-corrected chi connectivity index (χ4v) is 3.84. The monoisotopic (exact) mass is 399 g/mol. The van der Waals surface area contributed by atoms with Crippen LogP contribution in [0.15, 0.2) is 47.0 Å². The van der Waals surface area contributed by atoms with Crippen LogP contribution in [0.25, 0.3) is 28.4 Å². The summed E-state index contributed by atoms with van der Waals surface area (Å²) < 4.78 is 11.2. The molecule has 0 unspecified atom stereocenters. The molecule has 30 heavy (non-hydrogen) atoms. The third kappa shape index (κ3) is 3.86. The number of nitrogens with zero attached hydrogens (tertiary/aromatic N) is 3. The second kappa shape index (κ2) is 8.16. The number of allylic oxidation sites excluding steroid dienone is 2. The molecule has 0 atom stereocenters. The largest absolute Gasteiger partial charge is 0.490 e. The Hall–Kier alpha value is -3.39. The van der Waals surface area contributed by atoms with E-state index in [1.165, 1.54) is 16.7 Å². The highest BCUT2D eigenvalue weighted by Crippen LogP contribution is 2.37. The molecule has 152 valence electrons. The zero-order chi connectivity index (χ0) is 21.3. The first-order chi connectivity index (χ1) is 14.5. The number of hydrogen-bond donors (Lipinski definition) is 0. The molecule has 0 saturated heterocycles. The van der Waals surface area contributed by atoms with Gasteiger partial charge in [0.05, 0.1) is 11.7 Å². The van der Waals surface area contributed by atoms with Crippen LogP contribution in [0.1, 0.15) is 50.8 Å². The van der Waals surface area contributed by atoms with Crippen LogP contribution < -0.4 is 4.74 Å². The summed E-state index contributed by atoms with van der Waals surface area (Å²) >= 11 is 0. The molecule has 1 aliphatic carbocycles. The topological polar surface area (TPSA) is 71.9 Å². The molecule has 0 spiro atoms. The Morgan fingerprint density at radius 2 is 1.93 bits per heavy atom. The number of rotatable bonds is 6. The van der Waals surface area contributed by atoms with Crippen molar-refractivity contribution in [2.24, 2.45) is 5.92 Å². The smallest absolute Gasteiger partial charge is 0.258 e. The molecule has 1 aliphatic rings. The molecule has 0 N–H and O–H groups in total. The van der Waals surface area contributed by atoms with Crippen LogP contribution in [0.2, 0.25) is 0 Å². The van der Waals surface area contributed by atoms with Crippen molar-refractivity contribution in [1.82, 2.24) is 10.1 Å². The summed E-state index contributed by atoms with van der Waals surface area (Å²) in [5.74, 6) is 2.13. The van der Waals surface area contributed by atoms with Gasteiger partial charge in [0.15, 0.2) is 0 Å². The van der Waals surface area contributed by atoms with E-state index in [9.17, 15) is 5.26 Å². The van der Waals surface area contributed by atoms with Gasteiger partial charge in [-0.15, -0.1) is 0 Å². The molecule has 0 saturated carbocycles. The van der Waals surface area contributed by atoms with Crippen LogP contribution in [0.3, 0.4) is 0 Å². The molecule has 2 aromatic carbocycles. The average Bonchev–Trinajstić information content (AvgIpc) is 3.35. The number of benzene rings is 2. The number of aromatic nitrogens is 2. The highest BCUT2D eigenvalue weighted by Gasteiger charge is 2.21. The van der Waals surface area contributed by atoms with Gasteiger partial charge in [-0.2, -0.15) is 10.2 Å². The number of hydrogen-bond acceptors (Lipinski definition) is 5. The van der Waals surface area contributed by atoms with Gasteiger partial charge in [-0.3, -0.25) is 0 Å². The van der Waals surface area contributed by atoms with Crippen LogP contribution >= 0.6 is 0 Å². The molecular formula is C25H25N3O2. The molecule has 0 fully saturated rings. The van der Waals surface area contributed by atoms with Crippen LogP contribution in [-0.4, -0.2) is 16.2 Å². The quantitative estimate of drug-likeness (QED) is 0.505. The first kappa shape index (κ1) is 19.9. The van der Waals surface area contributed by atoms with Crippen LogP contribution in [0.4, 0.5) is 0 Å². The Morgan fingerprint density at radius 1 is 1.13 bits per heavy atom. The van der Waals surface area contributed by atoms with Gasteiger partial charge >= 0.3 is 0 Å². The number of ether oxygens (including phenoxy) is 1. The lowest BCUT2D eigenvalue weighted by Crippen LogP contribution is -2.06. The van der Waals surface area contributed by atoms with Gasteiger partial charge in [-0.25, -0.2) is 0 Å². The second-order valence-electron chi connectivity index (χ2n) is 8.28. The molecule has 5 heteroatoms. The summed E-state index contributed by atoms with van der Waals surface area (Å²) in [6.07, 6.45) is 4.25. The van der Waals surface area contributed by atoms with Gasteiger partial charge in [0, 0.05) is 11.1 Å². The third-order valence-corrected chi connectivity index (χ3v) is 5.08. The van der Waals surface area contributed by atoms with E-state index in [0.29, 0.717) is 34.5 Å². The van der Waals surface area contributed by atoms with Gasteiger partial charge in [-0.1, -0.05) is 43.3 Å². The van der Waals surface area contributed by atoms with Gasteiger partial charge in [-0.05, 0) is 67.5 Å². The van der Waals surface area contributed by atoms with E-state index in [-0.39, 0.29) is 6.10 Å². The Balaban J connectivity index is 1.65. The van der Waals surface area contributed by atoms with Crippen molar-refractivity contribution in [3.63, 3.8) is 0 Å². The lowest BCUT2D eigenvalue weighted by molar-refractivity contribution is 0.241. The first-order valence-corrected chi connectivity index (χ1v) is 10.3. The molecule has 5 nitrogen and oxygen atoms in total. The molecule has 0 amide bonds. The lowest BCUT2D eigenvalue weighted by Gasteiger charge is -2.11. The minimum Gasteiger partial charge on any atom is -0.490 e. The number of nitriles is 1. The molecule has 0 bridgehead atoms. The van der Waals surface area contributed by atoms with Crippen molar-refractivity contribution in [2.75, 3.05) is 0 Å². The zero-order valence-corrected chi connectivity index (χ0v) is 17.8. The fourth-order valence-electron chi connectivity index (χ4n) is 3.84. The normalized spacial score (nSPS) is 12.8. The van der Waals surface area contributed by atoms with Crippen molar-refractivity contribution >= 4 is 5.57 Å². The molecule has 1 heterocycles. The molecule has 3 aromatic rings. The van der Waals surface area contributed by atoms with E-state index in [2.05, 4.69) is 48.3 Å². The molecular weight excluding hydrogens is 374 g/mol. The van der Waals surface area contributed by atoms with Gasteiger partial charge in [0.1, 0.15) is 11.8 Å². The van der Waals surface area contributed by atoms with E-state index < -0.39 is 0 Å². The zero-order valence-electron chi connectivity index (χ0n) is 17.8. The van der Waals surface area contributed by atoms with Gasteiger partial charge in [0.25, 0.3) is 5.89 Å². The average molecular weight is 399 g/mol. The molecule has 4 rings (SSSR count). The lowest BCUT2D eigenvalue weighted by atomic mass is 9.95. The Kier molecular flexibility index (Phi) is 5.41. The van der Waals surface area contributed by atoms with Crippen molar-refractivity contribution in [3.8, 4) is 34.7 Å². The molecule has 1 aromatic heterocycles. The SMILES string of the molecule is CC(C)CC1=CCc2c1cccc2-c1noc(-c2ccc(OC(C)C)c(C#N)c2)n1. The fraction of sp³-hybridized carbons (Fsp3) is 0.320. The Bertz CT molecular complexity index is 1150. The highest BCUT2D eigenvalue weighted by molar-refractivity contribution is 5.80. The summed E-state index contributed by atoms with van der Waals surface area (Å²) in [5.41, 5.74) is 6.08. The minimum atomic E-state index is -0.00710. The summed E-state index contributed by atoms with van der Waals surface area (Å²) in [6.45, 7) is 8.33. The van der Waals surface area contributed by atoms with Crippen LogP contribution in [0.5, 0.6) is 5.75 Å². The maximum absolute atomic E-state index is 9.48. The standard InChI is InChI=1S/C25H25N3O2/c1-15(2)12-17-8-10-21-20(17)6-5-7-22(21)24-27-25(30-28-24)18-9-11-23(29-16(3)4)19(13-18)14-26/h5-9,11,13,15-16H,10,12H2,1-4H3. The maximum Gasteiger partial charge on any atom is 0.258 e. The van der Waals surface area contributed by atoms with E-state index >= 15 is 0 Å². The van der Waals surface area contributed by atoms with Crippen molar-refractivity contribution in [1.29, 1.82) is 5.26 Å². The number of fused-ring (bicyclic) bond motifs is 1. The predicted octanol–water partition coefficient (Wildman–Crippen LogP) is 6.05. The Labute approximate surface area is 177 Å². The van der Waals surface area contributed by atoms with Gasteiger partial charge < -0.3 is 9.26 Å². The summed E-state index contributed by atoms with van der Waals surface area (Å²) in [7, 11) is 0. The first-order valence-electron chi connectivity index (χ1n) is 10.3. The third-order valence-electron chi connectivity index (χ3n) is 5.08. The summed E-state index contributed by atoms with van der Waals surface area (Å²) in [6, 6.07) is 13.8. The van der Waals surface area contributed by atoms with Crippen molar-refractivity contribution in [3.05, 3.63) is 59.2 Å². The van der Waals surface area contributed by atoms with E-state index in [1.807, 2.05) is 26.0 Å². The summed E-state index contributed by atoms with van der Waals surface area (Å²) in [5, 5.41) is 13.7. The van der Waals surface area contributed by atoms with Crippen molar-refractivity contribution in [2.45, 2.75) is 46.6 Å². The Morgan fingerprint density at radius 3 is 2.67 bits per heavy atom. The van der Waals surface area contributed by atoms with Crippen molar-refractivity contribution < 1.29 is 9.26 Å². The van der Waals surface area contributed by atoms with Crippen LogP contribution in [0, 0.1) is 17.2 Å². The van der Waals surface area contributed by atoms with Gasteiger partial charge in [0.2, 0.25) is 5.82 Å². The maximum atomic E-state index is 9.48. The van der Waals surface area contributed by atoms with E-state index in [0.717, 1.165) is 18.4 Å². The molecule has 0 aliphatic heterocycles. The van der Waals surface area contributed by atoms with Crippen LogP contribution in [-0.2, 0) is 6.42 Å². The highest BCUT2D eigenvalue weighted by atomic mass is 16.5. The summed E-state index contributed by atoms with van der Waals surface area (Å²) in [4.78, 5) is 4.63. The predicted molar refractivity (Wildman–Crippen MR) is 117 cm³/mol. The second-order valence-corrected chi connectivity index (χ2v) is 8.28.